The Balaban J connectivity index is 1.89. The first-order valence-corrected chi connectivity index (χ1v) is 10.3. The number of nitrogens with zero attached hydrogens (tertiary/aromatic N) is 1. The van der Waals surface area contributed by atoms with Gasteiger partial charge in [0.25, 0.3) is 0 Å². The van der Waals surface area contributed by atoms with Crippen molar-refractivity contribution >= 4 is 11.9 Å². The van der Waals surface area contributed by atoms with Crippen LogP contribution in [0.4, 0.5) is 0 Å². The Morgan fingerprint density at radius 1 is 1.03 bits per heavy atom. The molecule has 3 rings (SSSR count). The molecule has 0 spiro atoms. The topological polar surface area (TPSA) is 69.6 Å². The summed E-state index contributed by atoms with van der Waals surface area (Å²) in [4.78, 5) is 25.4. The highest BCUT2D eigenvalue weighted by atomic mass is 16.5. The summed E-state index contributed by atoms with van der Waals surface area (Å²) < 4.78 is 12.4. The molecule has 0 aliphatic heterocycles. The van der Waals surface area contributed by atoms with Crippen molar-refractivity contribution < 1.29 is 19.1 Å². The van der Waals surface area contributed by atoms with Crippen molar-refractivity contribution in [3.63, 3.8) is 0 Å². The third-order valence-electron chi connectivity index (χ3n) is 5.22. The van der Waals surface area contributed by atoms with Crippen LogP contribution in [0.1, 0.15) is 34.1 Å². The first kappa shape index (κ1) is 22.2. The van der Waals surface area contributed by atoms with Gasteiger partial charge in [0, 0.05) is 12.2 Å². The molecule has 1 heterocycles. The van der Waals surface area contributed by atoms with Gasteiger partial charge in [-0.25, -0.2) is 4.79 Å². The number of aromatic nitrogens is 1. The average Bonchev–Trinajstić information content (AvgIpc) is 3.02. The summed E-state index contributed by atoms with van der Waals surface area (Å²) in [6, 6.07) is 17.3. The van der Waals surface area contributed by atoms with Crippen LogP contribution in [0, 0.1) is 13.8 Å². The van der Waals surface area contributed by atoms with Crippen molar-refractivity contribution in [1.82, 2.24) is 9.88 Å². The van der Waals surface area contributed by atoms with Crippen molar-refractivity contribution in [2.45, 2.75) is 33.9 Å². The lowest BCUT2D eigenvalue weighted by molar-refractivity contribution is -0.121. The molecule has 0 saturated carbocycles. The number of benzene rings is 2. The van der Waals surface area contributed by atoms with Crippen molar-refractivity contribution in [1.29, 1.82) is 0 Å². The van der Waals surface area contributed by atoms with E-state index in [4.69, 9.17) is 9.47 Å². The number of ether oxygens (including phenoxy) is 2. The predicted molar refractivity (Wildman–Crippen MR) is 120 cm³/mol. The van der Waals surface area contributed by atoms with Gasteiger partial charge in [0.2, 0.25) is 5.91 Å². The van der Waals surface area contributed by atoms with Gasteiger partial charge in [-0.1, -0.05) is 42.5 Å². The minimum Gasteiger partial charge on any atom is -0.497 e. The molecule has 0 radical (unpaired) electrons. The van der Waals surface area contributed by atoms with E-state index in [-0.39, 0.29) is 18.4 Å². The standard InChI is InChI=1S/C25H28N2O4/c1-5-31-25(29)23-17(2)24(20-11-7-6-8-12-20)27(18(23)3)16-22(28)26-15-19-10-9-13-21(14-19)30-4/h6-14H,5,15-16H2,1-4H3,(H,26,28). The zero-order valence-corrected chi connectivity index (χ0v) is 18.4. The number of amides is 1. The molecule has 0 unspecified atom stereocenters. The first-order valence-electron chi connectivity index (χ1n) is 10.3. The Morgan fingerprint density at radius 3 is 2.45 bits per heavy atom. The molecule has 0 fully saturated rings. The Bertz CT molecular complexity index is 1070. The molecule has 0 aliphatic rings. The molecule has 6 heteroatoms. The zero-order valence-electron chi connectivity index (χ0n) is 18.4. The fourth-order valence-electron chi connectivity index (χ4n) is 3.75. The summed E-state index contributed by atoms with van der Waals surface area (Å²) in [6.45, 7) is 6.31. The molecule has 0 atom stereocenters. The molecule has 1 aromatic heterocycles. The third kappa shape index (κ3) is 4.97. The van der Waals surface area contributed by atoms with Crippen LogP contribution in [0.2, 0.25) is 0 Å². The highest BCUT2D eigenvalue weighted by Gasteiger charge is 2.25. The molecule has 0 saturated heterocycles. The number of carbonyl (C=O) groups is 2. The monoisotopic (exact) mass is 420 g/mol. The summed E-state index contributed by atoms with van der Waals surface area (Å²) in [6.07, 6.45) is 0. The highest BCUT2D eigenvalue weighted by molar-refractivity contribution is 5.95. The van der Waals surface area contributed by atoms with E-state index >= 15 is 0 Å². The van der Waals surface area contributed by atoms with Gasteiger partial charge < -0.3 is 19.4 Å². The van der Waals surface area contributed by atoms with Gasteiger partial charge in [-0.3, -0.25) is 4.79 Å². The van der Waals surface area contributed by atoms with E-state index < -0.39 is 0 Å². The maximum atomic E-state index is 12.8. The fourth-order valence-corrected chi connectivity index (χ4v) is 3.75. The van der Waals surface area contributed by atoms with Gasteiger partial charge in [0.1, 0.15) is 12.3 Å². The fraction of sp³-hybridized carbons (Fsp3) is 0.280. The van der Waals surface area contributed by atoms with E-state index in [2.05, 4.69) is 5.32 Å². The summed E-state index contributed by atoms with van der Waals surface area (Å²) in [5.41, 5.74) is 4.77. The SMILES string of the molecule is CCOC(=O)c1c(C)c(-c2ccccc2)n(CC(=O)NCc2cccc(OC)c2)c1C. The van der Waals surface area contributed by atoms with Crippen molar-refractivity contribution in [2.24, 2.45) is 0 Å². The van der Waals surface area contributed by atoms with Gasteiger partial charge >= 0.3 is 5.97 Å². The van der Waals surface area contributed by atoms with Crippen LogP contribution >= 0.6 is 0 Å². The van der Waals surface area contributed by atoms with Crippen molar-refractivity contribution in [3.05, 3.63) is 77.0 Å². The smallest absolute Gasteiger partial charge is 0.340 e. The van der Waals surface area contributed by atoms with Gasteiger partial charge in [-0.2, -0.15) is 0 Å². The Hall–Kier alpha value is -3.54. The molecule has 3 aromatic rings. The summed E-state index contributed by atoms with van der Waals surface area (Å²) >= 11 is 0. The lowest BCUT2D eigenvalue weighted by Crippen LogP contribution is -2.28. The molecule has 0 aliphatic carbocycles. The number of nitrogens with one attached hydrogen (secondary N) is 1. The number of carbonyl (C=O) groups excluding carboxylic acids is 2. The third-order valence-corrected chi connectivity index (χ3v) is 5.22. The average molecular weight is 421 g/mol. The van der Waals surface area contributed by atoms with Gasteiger partial charge in [0.05, 0.1) is 25.0 Å². The molecule has 1 amide bonds. The second-order valence-electron chi connectivity index (χ2n) is 7.23. The van der Waals surface area contributed by atoms with E-state index in [0.717, 1.165) is 28.1 Å². The summed E-state index contributed by atoms with van der Waals surface area (Å²) in [7, 11) is 1.61. The van der Waals surface area contributed by atoms with Gasteiger partial charge in [-0.05, 0) is 49.6 Å². The molecule has 2 aromatic carbocycles. The van der Waals surface area contributed by atoms with Crippen molar-refractivity contribution in [2.75, 3.05) is 13.7 Å². The molecule has 31 heavy (non-hydrogen) atoms. The molecular weight excluding hydrogens is 392 g/mol. The minimum absolute atomic E-state index is 0.0975. The van der Waals surface area contributed by atoms with Crippen LogP contribution in [0.3, 0.4) is 0 Å². The van der Waals surface area contributed by atoms with Gasteiger partial charge in [-0.15, -0.1) is 0 Å². The highest BCUT2D eigenvalue weighted by Crippen LogP contribution is 2.31. The number of methoxy groups -OCH3 is 1. The Morgan fingerprint density at radius 2 is 1.77 bits per heavy atom. The maximum Gasteiger partial charge on any atom is 0.340 e. The van der Waals surface area contributed by atoms with Crippen LogP contribution in [0.5, 0.6) is 5.75 Å². The minimum atomic E-state index is -0.370. The van der Waals surface area contributed by atoms with Crippen molar-refractivity contribution in [3.8, 4) is 17.0 Å². The van der Waals surface area contributed by atoms with Crippen LogP contribution in [0.25, 0.3) is 11.3 Å². The molecular formula is C25H28N2O4. The quantitative estimate of drug-likeness (QED) is 0.553. The van der Waals surface area contributed by atoms with E-state index in [0.29, 0.717) is 24.4 Å². The summed E-state index contributed by atoms with van der Waals surface area (Å²) in [5, 5.41) is 2.96. The van der Waals surface area contributed by atoms with Gasteiger partial charge in [0.15, 0.2) is 0 Å². The van der Waals surface area contributed by atoms with E-state index in [9.17, 15) is 9.59 Å². The van der Waals surface area contributed by atoms with Crippen LogP contribution < -0.4 is 10.1 Å². The molecule has 0 bridgehead atoms. The Labute approximate surface area is 182 Å². The lowest BCUT2D eigenvalue weighted by atomic mass is 10.1. The second-order valence-corrected chi connectivity index (χ2v) is 7.23. The first-order chi connectivity index (χ1) is 15.0. The van der Waals surface area contributed by atoms with E-state index in [1.54, 1.807) is 14.0 Å². The maximum absolute atomic E-state index is 12.8. The predicted octanol–water partition coefficient (Wildman–Crippen LogP) is 4.27. The molecule has 1 N–H and O–H groups in total. The van der Waals surface area contributed by atoms with Crippen LogP contribution in [-0.4, -0.2) is 30.2 Å². The lowest BCUT2D eigenvalue weighted by Gasteiger charge is -2.13. The van der Waals surface area contributed by atoms with E-state index in [1.165, 1.54) is 0 Å². The number of hydrogen-bond acceptors (Lipinski definition) is 4. The number of rotatable bonds is 8. The van der Waals surface area contributed by atoms with Crippen LogP contribution in [0.15, 0.2) is 54.6 Å². The number of esters is 1. The van der Waals surface area contributed by atoms with E-state index in [1.807, 2.05) is 73.0 Å². The Kier molecular flexibility index (Phi) is 7.13. The summed E-state index contributed by atoms with van der Waals surface area (Å²) in [5.74, 6) is 0.229. The second kappa shape index (κ2) is 9.98. The van der Waals surface area contributed by atoms with Crippen LogP contribution in [-0.2, 0) is 22.6 Å². The zero-order chi connectivity index (χ0) is 22.4. The largest absolute Gasteiger partial charge is 0.497 e. The normalized spacial score (nSPS) is 10.6. The molecule has 162 valence electrons. The number of hydrogen-bond donors (Lipinski definition) is 1. The molecule has 6 nitrogen and oxygen atoms in total.